The maximum absolute atomic E-state index is 12.8. The molecule has 0 saturated heterocycles. The topological polar surface area (TPSA) is 23.8 Å². The minimum atomic E-state index is -1.45. The van der Waals surface area contributed by atoms with E-state index in [-0.39, 0.29) is 12.0 Å². The van der Waals surface area contributed by atoms with Gasteiger partial charge in [-0.05, 0) is 13.0 Å². The fraction of sp³-hybridized carbons (Fsp3) is 0.375. The number of nitrogens with zero attached hydrogens (tertiary/aromatic N) is 1. The Morgan fingerprint density at radius 1 is 1.73 bits per heavy atom. The molecule has 0 fully saturated rings. The van der Waals surface area contributed by atoms with Gasteiger partial charge in [0.2, 0.25) is 0 Å². The number of nitriles is 1. The molecule has 11 heavy (non-hydrogen) atoms. The van der Waals surface area contributed by atoms with Crippen molar-refractivity contribution in [2.24, 2.45) is 0 Å². The van der Waals surface area contributed by atoms with Crippen LogP contribution in [-0.4, -0.2) is 6.17 Å². The smallest absolute Gasteiger partial charge is 0.141 e. The number of allylic oxidation sites excluding steroid dienone is 4. The first-order chi connectivity index (χ1) is 5.15. The first kappa shape index (κ1) is 7.93. The molecule has 0 bridgehead atoms. The standard InChI is InChI=1S/C8H7F2N/c1-5-2-7(9)6(4-11)8(10)3-5/h2,8H,3H2,1H3. The molecule has 0 radical (unpaired) electrons. The molecule has 0 aliphatic heterocycles. The average Bonchev–Trinajstić information content (AvgIpc) is 1.85. The lowest BCUT2D eigenvalue weighted by Gasteiger charge is -2.12. The summed E-state index contributed by atoms with van der Waals surface area (Å²) in [5, 5.41) is 8.30. The van der Waals surface area contributed by atoms with Crippen molar-refractivity contribution in [1.29, 1.82) is 5.26 Å². The molecule has 0 saturated carbocycles. The van der Waals surface area contributed by atoms with Crippen molar-refractivity contribution in [3.8, 4) is 6.07 Å². The van der Waals surface area contributed by atoms with Gasteiger partial charge in [-0.3, -0.25) is 0 Å². The van der Waals surface area contributed by atoms with Crippen molar-refractivity contribution in [2.45, 2.75) is 19.5 Å². The van der Waals surface area contributed by atoms with Crippen LogP contribution < -0.4 is 0 Å². The van der Waals surface area contributed by atoms with Gasteiger partial charge in [0.15, 0.2) is 0 Å². The summed E-state index contributed by atoms with van der Waals surface area (Å²) in [4.78, 5) is 0. The summed E-state index contributed by atoms with van der Waals surface area (Å²) in [5.41, 5.74) is 0.254. The Morgan fingerprint density at radius 3 is 2.82 bits per heavy atom. The fourth-order valence-electron chi connectivity index (χ4n) is 1.01. The van der Waals surface area contributed by atoms with Crippen LogP contribution in [0.1, 0.15) is 13.3 Å². The highest BCUT2D eigenvalue weighted by Crippen LogP contribution is 2.26. The second kappa shape index (κ2) is 2.83. The molecule has 0 N–H and O–H groups in total. The van der Waals surface area contributed by atoms with Crippen molar-refractivity contribution in [2.75, 3.05) is 0 Å². The first-order valence-corrected chi connectivity index (χ1v) is 3.26. The van der Waals surface area contributed by atoms with Gasteiger partial charge >= 0.3 is 0 Å². The van der Waals surface area contributed by atoms with Gasteiger partial charge in [-0.15, -0.1) is 0 Å². The van der Waals surface area contributed by atoms with Gasteiger partial charge in [0.05, 0.1) is 5.57 Å². The lowest BCUT2D eigenvalue weighted by atomic mass is 9.98. The Morgan fingerprint density at radius 2 is 2.36 bits per heavy atom. The molecule has 0 spiro atoms. The number of rotatable bonds is 0. The zero-order chi connectivity index (χ0) is 8.43. The Kier molecular flexibility index (Phi) is 2.04. The molecule has 1 aliphatic carbocycles. The van der Waals surface area contributed by atoms with Gasteiger partial charge in [-0.25, -0.2) is 8.78 Å². The summed E-state index contributed by atoms with van der Waals surface area (Å²) in [7, 11) is 0. The summed E-state index contributed by atoms with van der Waals surface area (Å²) >= 11 is 0. The number of alkyl halides is 1. The molecule has 1 unspecified atom stereocenters. The Hall–Kier alpha value is -1.17. The van der Waals surface area contributed by atoms with E-state index in [0.717, 1.165) is 0 Å². The third-order valence-electron chi connectivity index (χ3n) is 1.57. The molecule has 1 rings (SSSR count). The molecule has 0 aromatic rings. The van der Waals surface area contributed by atoms with Crippen LogP contribution in [0.3, 0.4) is 0 Å². The highest BCUT2D eigenvalue weighted by molar-refractivity contribution is 5.39. The van der Waals surface area contributed by atoms with Crippen LogP contribution in [0.4, 0.5) is 8.78 Å². The van der Waals surface area contributed by atoms with Crippen LogP contribution >= 0.6 is 0 Å². The van der Waals surface area contributed by atoms with Crippen LogP contribution in [0.25, 0.3) is 0 Å². The quantitative estimate of drug-likeness (QED) is 0.527. The zero-order valence-corrected chi connectivity index (χ0v) is 6.06. The van der Waals surface area contributed by atoms with E-state index in [4.69, 9.17) is 5.26 Å². The van der Waals surface area contributed by atoms with Crippen LogP contribution in [0.2, 0.25) is 0 Å². The molecular formula is C8H7F2N. The highest BCUT2D eigenvalue weighted by Gasteiger charge is 2.21. The second-order valence-corrected chi connectivity index (χ2v) is 2.54. The monoisotopic (exact) mass is 155 g/mol. The fourth-order valence-corrected chi connectivity index (χ4v) is 1.01. The van der Waals surface area contributed by atoms with E-state index in [2.05, 4.69) is 0 Å². The third kappa shape index (κ3) is 1.45. The SMILES string of the molecule is CC1=CC(F)=C(C#N)C(F)C1. The van der Waals surface area contributed by atoms with E-state index >= 15 is 0 Å². The van der Waals surface area contributed by atoms with Crippen molar-refractivity contribution in [3.63, 3.8) is 0 Å². The van der Waals surface area contributed by atoms with Gasteiger partial charge in [0, 0.05) is 6.42 Å². The van der Waals surface area contributed by atoms with Crippen LogP contribution in [0.15, 0.2) is 23.0 Å². The molecule has 1 nitrogen and oxygen atoms in total. The van der Waals surface area contributed by atoms with Crippen molar-refractivity contribution < 1.29 is 8.78 Å². The summed E-state index contributed by atoms with van der Waals surface area (Å²) in [6.45, 7) is 1.64. The summed E-state index contributed by atoms with van der Waals surface area (Å²) in [5.74, 6) is -0.733. The van der Waals surface area contributed by atoms with Gasteiger partial charge in [-0.1, -0.05) is 5.57 Å². The van der Waals surface area contributed by atoms with Gasteiger partial charge in [-0.2, -0.15) is 5.26 Å². The van der Waals surface area contributed by atoms with E-state index in [9.17, 15) is 8.78 Å². The van der Waals surface area contributed by atoms with Gasteiger partial charge < -0.3 is 0 Å². The maximum Gasteiger partial charge on any atom is 0.141 e. The molecule has 0 amide bonds. The Balaban J connectivity index is 3.04. The molecule has 1 atom stereocenters. The van der Waals surface area contributed by atoms with Crippen molar-refractivity contribution in [3.05, 3.63) is 23.0 Å². The number of hydrogen-bond donors (Lipinski definition) is 0. The largest absolute Gasteiger partial charge is 0.241 e. The van der Waals surface area contributed by atoms with E-state index in [0.29, 0.717) is 5.57 Å². The normalized spacial score (nSPS) is 24.5. The van der Waals surface area contributed by atoms with Gasteiger partial charge in [0.1, 0.15) is 18.1 Å². The molecule has 0 aromatic heterocycles. The zero-order valence-electron chi connectivity index (χ0n) is 6.06. The van der Waals surface area contributed by atoms with Crippen LogP contribution in [-0.2, 0) is 0 Å². The maximum atomic E-state index is 12.8. The molecule has 0 heterocycles. The lowest BCUT2D eigenvalue weighted by Crippen LogP contribution is -2.09. The highest BCUT2D eigenvalue weighted by atomic mass is 19.1. The van der Waals surface area contributed by atoms with Crippen LogP contribution in [0.5, 0.6) is 0 Å². The summed E-state index contributed by atoms with van der Waals surface area (Å²) in [6, 6.07) is 1.51. The van der Waals surface area contributed by atoms with E-state index in [1.54, 1.807) is 6.92 Å². The predicted octanol–water partition coefficient (Wildman–Crippen LogP) is 2.42. The van der Waals surface area contributed by atoms with E-state index in [1.807, 2.05) is 0 Å². The van der Waals surface area contributed by atoms with Crippen molar-refractivity contribution >= 4 is 0 Å². The predicted molar refractivity (Wildman–Crippen MR) is 37.0 cm³/mol. The minimum absolute atomic E-state index is 0.135. The molecule has 58 valence electrons. The van der Waals surface area contributed by atoms with Gasteiger partial charge in [0.25, 0.3) is 0 Å². The summed E-state index contributed by atoms with van der Waals surface area (Å²) < 4.78 is 25.5. The third-order valence-corrected chi connectivity index (χ3v) is 1.57. The molecule has 1 aliphatic rings. The molecular weight excluding hydrogens is 148 g/mol. The molecule has 3 heteroatoms. The van der Waals surface area contributed by atoms with Crippen molar-refractivity contribution in [1.82, 2.24) is 0 Å². The van der Waals surface area contributed by atoms with E-state index in [1.165, 1.54) is 12.1 Å². The Bertz CT molecular complexity index is 270. The first-order valence-electron chi connectivity index (χ1n) is 3.26. The Labute approximate surface area is 63.6 Å². The lowest BCUT2D eigenvalue weighted by molar-refractivity contribution is 0.373. The minimum Gasteiger partial charge on any atom is -0.241 e. The number of halogens is 2. The molecule has 0 aromatic carbocycles. The van der Waals surface area contributed by atoms with E-state index < -0.39 is 12.0 Å². The number of hydrogen-bond acceptors (Lipinski definition) is 1. The second-order valence-electron chi connectivity index (χ2n) is 2.54. The van der Waals surface area contributed by atoms with Crippen LogP contribution in [0, 0.1) is 11.3 Å². The summed E-state index contributed by atoms with van der Waals surface area (Å²) in [6.07, 6.45) is -0.115. The average molecular weight is 155 g/mol.